The van der Waals surface area contributed by atoms with Crippen LogP contribution in [0.3, 0.4) is 0 Å². The molecular formula is C20H14N2O2. The zero-order valence-electron chi connectivity index (χ0n) is 12.8. The minimum atomic E-state index is -0.933. The highest BCUT2D eigenvalue weighted by atomic mass is 16.4. The summed E-state index contributed by atoms with van der Waals surface area (Å²) >= 11 is 0. The van der Waals surface area contributed by atoms with Crippen LogP contribution in [0.5, 0.6) is 0 Å². The summed E-state index contributed by atoms with van der Waals surface area (Å²) in [5.74, 6) is -0.933. The highest BCUT2D eigenvalue weighted by molar-refractivity contribution is 5.94. The molecule has 0 amide bonds. The molecule has 0 bridgehead atoms. The standard InChI is InChI=1S/C20H14N2O2/c23-20(24)15-10-12-16(13-11-15)22-18-9-5-4-8-17(18)19(21-22)14-6-2-1-3-7-14/h1-13H,(H,23,24). The minimum absolute atomic E-state index is 0.262. The first kappa shape index (κ1) is 14.2. The van der Waals surface area contributed by atoms with Gasteiger partial charge in [0.25, 0.3) is 0 Å². The van der Waals surface area contributed by atoms with Gasteiger partial charge in [-0.2, -0.15) is 5.10 Å². The van der Waals surface area contributed by atoms with Crippen molar-refractivity contribution in [2.75, 3.05) is 0 Å². The molecule has 0 atom stereocenters. The molecule has 4 aromatic rings. The van der Waals surface area contributed by atoms with Gasteiger partial charge in [0.1, 0.15) is 5.69 Å². The molecule has 3 aromatic carbocycles. The molecule has 4 rings (SSSR count). The van der Waals surface area contributed by atoms with Crippen molar-refractivity contribution in [1.82, 2.24) is 9.78 Å². The summed E-state index contributed by atoms with van der Waals surface area (Å²) in [7, 11) is 0. The number of fused-ring (bicyclic) bond motifs is 1. The summed E-state index contributed by atoms with van der Waals surface area (Å²) < 4.78 is 1.85. The van der Waals surface area contributed by atoms with E-state index in [9.17, 15) is 4.79 Å². The fourth-order valence-corrected chi connectivity index (χ4v) is 2.82. The van der Waals surface area contributed by atoms with Crippen LogP contribution >= 0.6 is 0 Å². The number of benzene rings is 3. The second kappa shape index (κ2) is 5.66. The Balaban J connectivity index is 1.92. The van der Waals surface area contributed by atoms with Gasteiger partial charge >= 0.3 is 5.97 Å². The third-order valence-electron chi connectivity index (χ3n) is 3.99. The average Bonchev–Trinajstić information content (AvgIpc) is 3.02. The van der Waals surface area contributed by atoms with Gasteiger partial charge in [-0.25, -0.2) is 9.48 Å². The highest BCUT2D eigenvalue weighted by Gasteiger charge is 2.13. The van der Waals surface area contributed by atoms with E-state index in [2.05, 4.69) is 0 Å². The fourth-order valence-electron chi connectivity index (χ4n) is 2.82. The minimum Gasteiger partial charge on any atom is -0.478 e. The molecule has 0 spiro atoms. The quantitative estimate of drug-likeness (QED) is 0.610. The predicted molar refractivity (Wildman–Crippen MR) is 93.5 cm³/mol. The molecule has 1 aromatic heterocycles. The SMILES string of the molecule is O=C(O)c1ccc(-n2nc(-c3ccccc3)c3ccccc32)cc1. The van der Waals surface area contributed by atoms with Crippen molar-refractivity contribution >= 4 is 16.9 Å². The molecule has 0 fully saturated rings. The lowest BCUT2D eigenvalue weighted by Gasteiger charge is -2.03. The summed E-state index contributed by atoms with van der Waals surface area (Å²) in [6, 6.07) is 24.8. The van der Waals surface area contributed by atoms with E-state index in [1.54, 1.807) is 24.3 Å². The van der Waals surface area contributed by atoms with Gasteiger partial charge < -0.3 is 5.11 Å². The molecule has 4 nitrogen and oxygen atoms in total. The van der Waals surface area contributed by atoms with Gasteiger partial charge in [-0.15, -0.1) is 0 Å². The van der Waals surface area contributed by atoms with Gasteiger partial charge in [-0.3, -0.25) is 0 Å². The van der Waals surface area contributed by atoms with Crippen molar-refractivity contribution < 1.29 is 9.90 Å². The Labute approximate surface area is 138 Å². The van der Waals surface area contributed by atoms with Crippen LogP contribution in [-0.2, 0) is 0 Å². The van der Waals surface area contributed by atoms with Gasteiger partial charge in [-0.1, -0.05) is 48.5 Å². The molecule has 1 heterocycles. The van der Waals surface area contributed by atoms with E-state index in [1.807, 2.05) is 59.3 Å². The zero-order valence-corrected chi connectivity index (χ0v) is 12.8. The lowest BCUT2D eigenvalue weighted by atomic mass is 10.1. The van der Waals surface area contributed by atoms with Crippen LogP contribution in [0.4, 0.5) is 0 Å². The van der Waals surface area contributed by atoms with Crippen LogP contribution in [0, 0.1) is 0 Å². The van der Waals surface area contributed by atoms with E-state index >= 15 is 0 Å². The first-order valence-electron chi connectivity index (χ1n) is 7.61. The molecular weight excluding hydrogens is 300 g/mol. The fraction of sp³-hybridized carbons (Fsp3) is 0. The molecule has 0 aliphatic rings. The first-order valence-corrected chi connectivity index (χ1v) is 7.61. The van der Waals surface area contributed by atoms with E-state index in [-0.39, 0.29) is 5.56 Å². The van der Waals surface area contributed by atoms with Crippen molar-refractivity contribution in [3.05, 3.63) is 84.4 Å². The third kappa shape index (κ3) is 2.34. The van der Waals surface area contributed by atoms with Crippen LogP contribution in [-0.4, -0.2) is 20.9 Å². The number of rotatable bonds is 3. The molecule has 0 unspecified atom stereocenters. The van der Waals surface area contributed by atoms with E-state index < -0.39 is 5.97 Å². The van der Waals surface area contributed by atoms with E-state index in [1.165, 1.54) is 0 Å². The number of hydrogen-bond acceptors (Lipinski definition) is 2. The summed E-state index contributed by atoms with van der Waals surface area (Å²) in [5, 5.41) is 14.9. The number of hydrogen-bond donors (Lipinski definition) is 1. The third-order valence-corrected chi connectivity index (χ3v) is 3.99. The molecule has 116 valence electrons. The Hall–Kier alpha value is -3.40. The summed E-state index contributed by atoms with van der Waals surface area (Å²) in [5.41, 5.74) is 4.04. The monoisotopic (exact) mass is 314 g/mol. The Morgan fingerprint density at radius 2 is 1.50 bits per heavy atom. The van der Waals surface area contributed by atoms with Gasteiger partial charge in [0.05, 0.1) is 16.8 Å². The smallest absolute Gasteiger partial charge is 0.335 e. The van der Waals surface area contributed by atoms with Gasteiger partial charge in [-0.05, 0) is 30.3 Å². The highest BCUT2D eigenvalue weighted by Crippen LogP contribution is 2.29. The van der Waals surface area contributed by atoms with E-state index in [0.29, 0.717) is 0 Å². The molecule has 24 heavy (non-hydrogen) atoms. The van der Waals surface area contributed by atoms with E-state index in [4.69, 9.17) is 10.2 Å². The van der Waals surface area contributed by atoms with Crippen LogP contribution in [0.15, 0.2) is 78.9 Å². The number of aromatic carboxylic acids is 1. The van der Waals surface area contributed by atoms with Crippen LogP contribution < -0.4 is 0 Å². The van der Waals surface area contributed by atoms with Crippen molar-refractivity contribution in [2.45, 2.75) is 0 Å². The molecule has 0 radical (unpaired) electrons. The molecule has 0 saturated carbocycles. The Morgan fingerprint density at radius 1 is 0.833 bits per heavy atom. The van der Waals surface area contributed by atoms with Crippen molar-refractivity contribution in [3.63, 3.8) is 0 Å². The topological polar surface area (TPSA) is 55.1 Å². The Morgan fingerprint density at radius 3 is 2.21 bits per heavy atom. The Bertz CT molecular complexity index is 1020. The number of carboxylic acids is 1. The second-order valence-corrected chi connectivity index (χ2v) is 5.50. The van der Waals surface area contributed by atoms with Crippen molar-refractivity contribution in [1.29, 1.82) is 0 Å². The lowest BCUT2D eigenvalue weighted by molar-refractivity contribution is 0.0697. The lowest BCUT2D eigenvalue weighted by Crippen LogP contribution is -1.99. The molecule has 4 heteroatoms. The first-order chi connectivity index (χ1) is 11.7. The van der Waals surface area contributed by atoms with Crippen molar-refractivity contribution in [2.24, 2.45) is 0 Å². The maximum atomic E-state index is 11.0. The molecule has 1 N–H and O–H groups in total. The van der Waals surface area contributed by atoms with Gasteiger partial charge in [0, 0.05) is 10.9 Å². The summed E-state index contributed by atoms with van der Waals surface area (Å²) in [4.78, 5) is 11.0. The number of nitrogens with zero attached hydrogens (tertiary/aromatic N) is 2. The average molecular weight is 314 g/mol. The zero-order chi connectivity index (χ0) is 16.5. The van der Waals surface area contributed by atoms with Gasteiger partial charge in [0.15, 0.2) is 0 Å². The van der Waals surface area contributed by atoms with Crippen LogP contribution in [0.25, 0.3) is 27.8 Å². The molecule has 0 aliphatic carbocycles. The van der Waals surface area contributed by atoms with Crippen LogP contribution in [0.1, 0.15) is 10.4 Å². The number of para-hydroxylation sites is 1. The normalized spacial score (nSPS) is 10.8. The molecule has 0 saturated heterocycles. The summed E-state index contributed by atoms with van der Waals surface area (Å²) in [6.07, 6.45) is 0. The van der Waals surface area contributed by atoms with E-state index in [0.717, 1.165) is 27.8 Å². The Kier molecular flexibility index (Phi) is 3.35. The molecule has 0 aliphatic heterocycles. The second-order valence-electron chi connectivity index (χ2n) is 5.50. The summed E-state index contributed by atoms with van der Waals surface area (Å²) in [6.45, 7) is 0. The maximum absolute atomic E-state index is 11.0. The maximum Gasteiger partial charge on any atom is 0.335 e. The van der Waals surface area contributed by atoms with Gasteiger partial charge in [0.2, 0.25) is 0 Å². The number of carbonyl (C=O) groups is 1. The predicted octanol–water partition coefficient (Wildman–Crippen LogP) is 4.39. The van der Waals surface area contributed by atoms with Crippen LogP contribution in [0.2, 0.25) is 0 Å². The van der Waals surface area contributed by atoms with Crippen molar-refractivity contribution in [3.8, 4) is 16.9 Å². The number of aromatic nitrogens is 2. The largest absolute Gasteiger partial charge is 0.478 e. The number of carboxylic acid groups (broad SMARTS) is 1.